The average Bonchev–Trinajstić information content (AvgIpc) is 2.12. The molecule has 0 saturated carbocycles. The molecule has 0 aliphatic rings. The Labute approximate surface area is 103 Å². The van der Waals surface area contributed by atoms with Gasteiger partial charge in [0.2, 0.25) is 0 Å². The van der Waals surface area contributed by atoms with Crippen LogP contribution in [0.25, 0.3) is 10.9 Å². The lowest BCUT2D eigenvalue weighted by Crippen LogP contribution is -1.85. The summed E-state index contributed by atoms with van der Waals surface area (Å²) in [7, 11) is 0. The highest BCUT2D eigenvalue weighted by atomic mass is 127. The molecule has 1 aromatic carbocycles. The summed E-state index contributed by atoms with van der Waals surface area (Å²) in [5.74, 6) is 0.244. The molecular weight excluding hydrogens is 392 g/mol. The normalized spacial score (nSPS) is 10.6. The fraction of sp³-hybridized carbons (Fsp3) is 0. The maximum absolute atomic E-state index is 9.55. The molecule has 0 aliphatic heterocycles. The highest BCUT2D eigenvalue weighted by Crippen LogP contribution is 2.27. The minimum absolute atomic E-state index is 0.244. The Hall–Kier alpha value is -0.110. The standard InChI is InChI=1S/C9H5I2NO/c10-6-2-3-7(13)9-5(6)1-4-8(11)12-9/h1-4,13H. The van der Waals surface area contributed by atoms with Crippen LogP contribution in [0.15, 0.2) is 24.3 Å². The number of pyridine rings is 1. The Morgan fingerprint density at radius 2 is 1.85 bits per heavy atom. The van der Waals surface area contributed by atoms with Crippen molar-refractivity contribution in [2.45, 2.75) is 0 Å². The van der Waals surface area contributed by atoms with Gasteiger partial charge in [0.05, 0.1) is 0 Å². The Morgan fingerprint density at radius 1 is 1.08 bits per heavy atom. The van der Waals surface area contributed by atoms with Crippen molar-refractivity contribution in [1.29, 1.82) is 0 Å². The number of hydrogen-bond donors (Lipinski definition) is 1. The Kier molecular flexibility index (Phi) is 2.59. The summed E-state index contributed by atoms with van der Waals surface area (Å²) in [6.45, 7) is 0. The number of benzene rings is 1. The number of halogens is 2. The maximum Gasteiger partial charge on any atom is 0.141 e. The first kappa shape index (κ1) is 9.45. The molecule has 0 aliphatic carbocycles. The van der Waals surface area contributed by atoms with Crippen LogP contribution < -0.4 is 0 Å². The van der Waals surface area contributed by atoms with Crippen LogP contribution in [-0.2, 0) is 0 Å². The third-order valence-electron chi connectivity index (χ3n) is 1.75. The summed E-state index contributed by atoms with van der Waals surface area (Å²) in [6, 6.07) is 7.47. The van der Waals surface area contributed by atoms with E-state index in [4.69, 9.17) is 0 Å². The molecule has 0 atom stereocenters. The lowest BCUT2D eigenvalue weighted by molar-refractivity contribution is 0.480. The monoisotopic (exact) mass is 397 g/mol. The van der Waals surface area contributed by atoms with Gasteiger partial charge in [-0.25, -0.2) is 4.98 Å². The van der Waals surface area contributed by atoms with Gasteiger partial charge in [0.1, 0.15) is 15.0 Å². The molecule has 0 amide bonds. The molecule has 4 heteroatoms. The molecule has 0 fully saturated rings. The van der Waals surface area contributed by atoms with Crippen molar-refractivity contribution in [3.63, 3.8) is 0 Å². The van der Waals surface area contributed by atoms with Crippen molar-refractivity contribution in [2.75, 3.05) is 0 Å². The predicted octanol–water partition coefficient (Wildman–Crippen LogP) is 3.15. The Morgan fingerprint density at radius 3 is 2.62 bits per heavy atom. The molecule has 2 rings (SSSR count). The molecule has 2 aromatic rings. The van der Waals surface area contributed by atoms with Crippen LogP contribution in [-0.4, -0.2) is 10.1 Å². The van der Waals surface area contributed by atoms with E-state index in [1.807, 2.05) is 18.2 Å². The zero-order valence-electron chi connectivity index (χ0n) is 6.46. The number of aromatic hydroxyl groups is 1. The van der Waals surface area contributed by atoms with Crippen molar-refractivity contribution in [1.82, 2.24) is 4.98 Å². The van der Waals surface area contributed by atoms with Gasteiger partial charge in [0.25, 0.3) is 0 Å². The lowest BCUT2D eigenvalue weighted by atomic mass is 10.2. The van der Waals surface area contributed by atoms with Gasteiger partial charge in [-0.05, 0) is 69.4 Å². The van der Waals surface area contributed by atoms with Crippen LogP contribution in [0, 0.1) is 7.27 Å². The third kappa shape index (κ3) is 1.74. The second-order valence-electron chi connectivity index (χ2n) is 2.60. The van der Waals surface area contributed by atoms with Gasteiger partial charge in [-0.1, -0.05) is 0 Å². The second kappa shape index (κ2) is 3.56. The van der Waals surface area contributed by atoms with Crippen molar-refractivity contribution in [3.05, 3.63) is 31.5 Å². The average molecular weight is 397 g/mol. The van der Waals surface area contributed by atoms with Crippen molar-refractivity contribution < 1.29 is 5.11 Å². The van der Waals surface area contributed by atoms with Gasteiger partial charge in [-0.2, -0.15) is 0 Å². The van der Waals surface area contributed by atoms with Crippen LogP contribution in [0.2, 0.25) is 0 Å². The van der Waals surface area contributed by atoms with E-state index < -0.39 is 0 Å². The van der Waals surface area contributed by atoms with E-state index in [0.29, 0.717) is 5.52 Å². The minimum atomic E-state index is 0.244. The summed E-state index contributed by atoms with van der Waals surface area (Å²) >= 11 is 4.36. The largest absolute Gasteiger partial charge is 0.506 e. The zero-order valence-corrected chi connectivity index (χ0v) is 10.8. The first-order chi connectivity index (χ1) is 6.18. The maximum atomic E-state index is 9.55. The summed E-state index contributed by atoms with van der Waals surface area (Å²) < 4.78 is 2.00. The Balaban J connectivity index is 2.92. The van der Waals surface area contributed by atoms with Crippen LogP contribution in [0.3, 0.4) is 0 Å². The van der Waals surface area contributed by atoms with E-state index >= 15 is 0 Å². The topological polar surface area (TPSA) is 33.1 Å². The summed E-state index contributed by atoms with van der Waals surface area (Å²) in [5, 5.41) is 10.6. The van der Waals surface area contributed by atoms with E-state index in [1.165, 1.54) is 0 Å². The molecule has 0 spiro atoms. The predicted molar refractivity (Wildman–Crippen MR) is 68.8 cm³/mol. The number of fused-ring (bicyclic) bond motifs is 1. The minimum Gasteiger partial charge on any atom is -0.506 e. The molecule has 66 valence electrons. The fourth-order valence-electron chi connectivity index (χ4n) is 1.14. The van der Waals surface area contributed by atoms with E-state index in [-0.39, 0.29) is 5.75 Å². The van der Waals surface area contributed by atoms with Crippen LogP contribution >= 0.6 is 45.2 Å². The number of nitrogens with zero attached hydrogens (tertiary/aromatic N) is 1. The summed E-state index contributed by atoms with van der Waals surface area (Å²) in [4.78, 5) is 4.27. The highest BCUT2D eigenvalue weighted by molar-refractivity contribution is 14.1. The molecule has 1 heterocycles. The molecule has 0 saturated heterocycles. The molecule has 0 radical (unpaired) electrons. The van der Waals surface area contributed by atoms with Gasteiger partial charge in [0, 0.05) is 8.96 Å². The van der Waals surface area contributed by atoms with Crippen LogP contribution in [0.5, 0.6) is 5.75 Å². The summed E-state index contributed by atoms with van der Waals surface area (Å²) in [5.41, 5.74) is 0.679. The van der Waals surface area contributed by atoms with Crippen molar-refractivity contribution in [2.24, 2.45) is 0 Å². The number of hydrogen-bond acceptors (Lipinski definition) is 2. The fourth-order valence-corrected chi connectivity index (χ4v) is 2.18. The molecule has 2 nitrogen and oxygen atoms in total. The van der Waals surface area contributed by atoms with E-state index in [1.54, 1.807) is 6.07 Å². The van der Waals surface area contributed by atoms with E-state index in [9.17, 15) is 5.11 Å². The van der Waals surface area contributed by atoms with Gasteiger partial charge < -0.3 is 5.11 Å². The quantitative estimate of drug-likeness (QED) is 0.548. The van der Waals surface area contributed by atoms with Crippen LogP contribution in [0.1, 0.15) is 0 Å². The van der Waals surface area contributed by atoms with Crippen LogP contribution in [0.4, 0.5) is 0 Å². The molecule has 1 aromatic heterocycles. The van der Waals surface area contributed by atoms with Crippen molar-refractivity contribution >= 4 is 56.1 Å². The number of phenolic OH excluding ortho intramolecular Hbond substituents is 1. The molecule has 0 bridgehead atoms. The smallest absolute Gasteiger partial charge is 0.141 e. The number of phenols is 1. The zero-order chi connectivity index (χ0) is 9.42. The van der Waals surface area contributed by atoms with E-state index in [2.05, 4.69) is 50.2 Å². The molecule has 13 heavy (non-hydrogen) atoms. The van der Waals surface area contributed by atoms with Crippen molar-refractivity contribution in [3.8, 4) is 5.75 Å². The number of rotatable bonds is 0. The Bertz CT molecular complexity index is 470. The first-order valence-electron chi connectivity index (χ1n) is 3.62. The van der Waals surface area contributed by atoms with Gasteiger partial charge in [-0.15, -0.1) is 0 Å². The first-order valence-corrected chi connectivity index (χ1v) is 5.78. The van der Waals surface area contributed by atoms with Gasteiger partial charge >= 0.3 is 0 Å². The van der Waals surface area contributed by atoms with Gasteiger partial charge in [-0.3, -0.25) is 0 Å². The number of aromatic nitrogens is 1. The van der Waals surface area contributed by atoms with Gasteiger partial charge in [0.15, 0.2) is 0 Å². The highest BCUT2D eigenvalue weighted by Gasteiger charge is 2.04. The lowest BCUT2D eigenvalue weighted by Gasteiger charge is -2.02. The summed E-state index contributed by atoms with van der Waals surface area (Å²) in [6.07, 6.45) is 0. The molecule has 1 N–H and O–H groups in total. The second-order valence-corrected chi connectivity index (χ2v) is 4.86. The van der Waals surface area contributed by atoms with E-state index in [0.717, 1.165) is 12.7 Å². The third-order valence-corrected chi connectivity index (χ3v) is 3.29. The molecular formula is C9H5I2NO. The molecule has 0 unspecified atom stereocenters. The SMILES string of the molecule is Oc1ccc(I)c2ccc(I)nc12.